The van der Waals surface area contributed by atoms with Crippen LogP contribution in [0.5, 0.6) is 0 Å². The van der Waals surface area contributed by atoms with Crippen LogP contribution >= 0.6 is 47.1 Å². The first-order valence-electron chi connectivity index (χ1n) is 11.2. The van der Waals surface area contributed by atoms with Gasteiger partial charge in [-0.3, -0.25) is 9.13 Å². The molecule has 0 aromatic rings. The normalized spacial score (nSPS) is 11.9. The van der Waals surface area contributed by atoms with Crippen molar-refractivity contribution in [2.45, 2.75) is 79.1 Å². The third kappa shape index (κ3) is 21.1. The van der Waals surface area contributed by atoms with Gasteiger partial charge in [0.15, 0.2) is 0 Å². The highest BCUT2D eigenvalue weighted by Gasteiger charge is 2.23. The van der Waals surface area contributed by atoms with Gasteiger partial charge in [-0.15, -0.1) is 0 Å². The van der Waals surface area contributed by atoms with Crippen LogP contribution in [0.25, 0.3) is 0 Å². The summed E-state index contributed by atoms with van der Waals surface area (Å²) in [5, 5.41) is 2.09. The van der Waals surface area contributed by atoms with Crippen molar-refractivity contribution in [3.63, 3.8) is 0 Å². The van der Waals surface area contributed by atoms with E-state index >= 15 is 0 Å². The Labute approximate surface area is 202 Å². The van der Waals surface area contributed by atoms with Crippen LogP contribution in [0.1, 0.15) is 79.1 Å². The average Bonchev–Trinajstić information content (AvgIpc) is 2.69. The number of rotatable bonds is 20. The molecule has 0 bridgehead atoms. The Morgan fingerprint density at radius 2 is 0.767 bits per heavy atom. The van der Waals surface area contributed by atoms with Gasteiger partial charge in [-0.1, -0.05) is 57.5 Å². The van der Waals surface area contributed by atoms with Crippen LogP contribution in [0.15, 0.2) is 0 Å². The van der Waals surface area contributed by atoms with Crippen molar-refractivity contribution in [1.29, 1.82) is 0 Å². The van der Waals surface area contributed by atoms with Gasteiger partial charge in [0.05, 0.1) is 38.8 Å². The molecule has 0 atom stereocenters. The third-order valence-corrected chi connectivity index (χ3v) is 9.39. The third-order valence-electron chi connectivity index (χ3n) is 3.93. The van der Waals surface area contributed by atoms with Gasteiger partial charge in [-0.25, -0.2) is 0 Å². The van der Waals surface area contributed by atoms with E-state index in [1.54, 1.807) is 0 Å². The van der Waals surface area contributed by atoms with Crippen LogP contribution in [-0.4, -0.2) is 49.4 Å². The Balaban J connectivity index is 0. The molecule has 0 aromatic carbocycles. The van der Waals surface area contributed by atoms with Crippen LogP contribution in [-0.2, 0) is 27.2 Å². The Hall–Kier alpha value is 1.26. The second kappa shape index (κ2) is 23.4. The number of hydrogen-bond donors (Lipinski definition) is 0. The van der Waals surface area contributed by atoms with Crippen molar-refractivity contribution in [2.75, 3.05) is 49.4 Å². The minimum atomic E-state index is -2.78. The molecule has 0 aliphatic heterocycles. The van der Waals surface area contributed by atoms with Crippen molar-refractivity contribution in [2.24, 2.45) is 0 Å². The maximum Gasteiger partial charge on any atom is 0.330 e. The van der Waals surface area contributed by atoms with Gasteiger partial charge in [0, 0.05) is 10.7 Å². The number of hydrogen-bond acceptors (Lipinski definition) is 6. The standard InChI is InChI=1S/2C10H22BrO3P/c2*1-3-13-15(12,14-4-2)10-8-6-5-7-9-11/h2*3-10H2,1-2H3. The van der Waals surface area contributed by atoms with Crippen molar-refractivity contribution < 1.29 is 27.2 Å². The van der Waals surface area contributed by atoms with Crippen molar-refractivity contribution in [1.82, 2.24) is 0 Å². The maximum atomic E-state index is 12.0. The molecule has 0 N–H and O–H groups in total. The summed E-state index contributed by atoms with van der Waals surface area (Å²) >= 11 is 6.77. The molecule has 0 heterocycles. The summed E-state index contributed by atoms with van der Waals surface area (Å²) in [4.78, 5) is 0. The second-order valence-electron chi connectivity index (χ2n) is 6.55. The fourth-order valence-electron chi connectivity index (χ4n) is 2.63. The van der Waals surface area contributed by atoms with Crippen LogP contribution in [0.2, 0.25) is 0 Å². The lowest BCUT2D eigenvalue weighted by Gasteiger charge is -2.16. The molecule has 0 amide bonds. The predicted octanol–water partition coefficient (Wildman–Crippen LogP) is 8.42. The molecule has 0 saturated heterocycles. The van der Waals surface area contributed by atoms with Crippen LogP contribution in [0.4, 0.5) is 0 Å². The van der Waals surface area contributed by atoms with Crippen LogP contribution in [0, 0.1) is 0 Å². The Kier molecular flexibility index (Phi) is 26.1. The molecule has 6 nitrogen and oxygen atoms in total. The van der Waals surface area contributed by atoms with Gasteiger partial charge in [0.1, 0.15) is 0 Å². The van der Waals surface area contributed by atoms with Crippen LogP contribution < -0.4 is 0 Å². The van der Waals surface area contributed by atoms with Crippen LogP contribution in [0.3, 0.4) is 0 Å². The van der Waals surface area contributed by atoms with Crippen molar-refractivity contribution in [3.8, 4) is 0 Å². The smallest absolute Gasteiger partial charge is 0.309 e. The Morgan fingerprint density at radius 1 is 0.500 bits per heavy atom. The summed E-state index contributed by atoms with van der Waals surface area (Å²) in [5.41, 5.74) is 0. The molecule has 0 saturated carbocycles. The summed E-state index contributed by atoms with van der Waals surface area (Å²) in [6.07, 6.45) is 9.82. The summed E-state index contributed by atoms with van der Waals surface area (Å²) in [7, 11) is -5.56. The lowest BCUT2D eigenvalue weighted by atomic mass is 10.2. The van der Waals surface area contributed by atoms with E-state index in [1.807, 2.05) is 27.7 Å². The maximum absolute atomic E-state index is 12.0. The zero-order valence-corrected chi connectivity index (χ0v) is 24.4. The highest BCUT2D eigenvalue weighted by atomic mass is 79.9. The molecule has 10 heteroatoms. The zero-order valence-electron chi connectivity index (χ0n) is 19.4. The SMILES string of the molecule is CCOP(=O)(CCCCCCBr)OCC.CCOP(=O)(CCCCCCBr)OCC. The first-order valence-corrected chi connectivity index (χ1v) is 16.9. The average molecular weight is 602 g/mol. The summed E-state index contributed by atoms with van der Waals surface area (Å²) < 4.78 is 44.8. The fraction of sp³-hybridized carbons (Fsp3) is 1.00. The van der Waals surface area contributed by atoms with E-state index in [9.17, 15) is 9.13 Å². The van der Waals surface area contributed by atoms with E-state index in [-0.39, 0.29) is 0 Å². The molecular formula is C20H44Br2O6P2. The van der Waals surface area contributed by atoms with E-state index in [0.717, 1.165) is 36.3 Å². The Morgan fingerprint density at radius 3 is 1.00 bits per heavy atom. The number of halogens is 2. The predicted molar refractivity (Wildman–Crippen MR) is 136 cm³/mol. The highest BCUT2D eigenvalue weighted by Crippen LogP contribution is 2.49. The van der Waals surface area contributed by atoms with Gasteiger partial charge in [0.25, 0.3) is 0 Å². The molecule has 0 rings (SSSR count). The lowest BCUT2D eigenvalue weighted by Crippen LogP contribution is -2.00. The second-order valence-corrected chi connectivity index (χ2v) is 12.5. The molecule has 0 fully saturated rings. The van der Waals surface area contributed by atoms with Gasteiger partial charge in [0.2, 0.25) is 0 Å². The molecule has 0 spiro atoms. The summed E-state index contributed by atoms with van der Waals surface area (Å²) in [6.45, 7) is 9.20. The van der Waals surface area contributed by atoms with Gasteiger partial charge < -0.3 is 18.1 Å². The fourth-order valence-corrected chi connectivity index (χ4v) is 6.88. The van der Waals surface area contributed by atoms with E-state index in [2.05, 4.69) is 31.9 Å². The monoisotopic (exact) mass is 600 g/mol. The minimum Gasteiger partial charge on any atom is -0.309 e. The molecule has 184 valence electrons. The van der Waals surface area contributed by atoms with Gasteiger partial charge >= 0.3 is 15.2 Å². The molecule has 0 aromatic heterocycles. The van der Waals surface area contributed by atoms with E-state index in [0.29, 0.717) is 38.8 Å². The summed E-state index contributed by atoms with van der Waals surface area (Å²) in [5.74, 6) is 0. The zero-order chi connectivity index (χ0) is 23.1. The Bertz CT molecular complexity index is 395. The largest absolute Gasteiger partial charge is 0.330 e. The lowest BCUT2D eigenvalue weighted by molar-refractivity contribution is 0.218. The first kappa shape index (κ1) is 33.4. The molecular weight excluding hydrogens is 558 g/mol. The molecule has 0 radical (unpaired) electrons. The van der Waals surface area contributed by atoms with Crippen molar-refractivity contribution >= 4 is 47.1 Å². The summed E-state index contributed by atoms with van der Waals surface area (Å²) in [6, 6.07) is 0. The number of alkyl halides is 2. The van der Waals surface area contributed by atoms with E-state index in [4.69, 9.17) is 18.1 Å². The molecule has 0 aliphatic rings. The van der Waals surface area contributed by atoms with Gasteiger partial charge in [-0.05, 0) is 53.4 Å². The minimum absolute atomic E-state index is 0.457. The van der Waals surface area contributed by atoms with Crippen molar-refractivity contribution in [3.05, 3.63) is 0 Å². The van der Waals surface area contributed by atoms with E-state index in [1.165, 1.54) is 25.7 Å². The quantitative estimate of drug-likeness (QED) is 0.0792. The topological polar surface area (TPSA) is 71.1 Å². The first-order chi connectivity index (χ1) is 14.4. The molecule has 0 unspecified atom stereocenters. The van der Waals surface area contributed by atoms with E-state index < -0.39 is 15.2 Å². The molecule has 30 heavy (non-hydrogen) atoms. The molecule has 0 aliphatic carbocycles. The number of unbranched alkanes of at least 4 members (excludes halogenated alkanes) is 6. The van der Waals surface area contributed by atoms with Gasteiger partial charge in [-0.2, -0.15) is 0 Å². The highest BCUT2D eigenvalue weighted by molar-refractivity contribution is 9.09.